The third-order valence-electron chi connectivity index (χ3n) is 2.99. The van der Waals surface area contributed by atoms with E-state index in [1.807, 2.05) is 13.8 Å². The number of hydrogen-bond donors (Lipinski definition) is 0. The van der Waals surface area contributed by atoms with Crippen molar-refractivity contribution in [3.63, 3.8) is 0 Å². The van der Waals surface area contributed by atoms with E-state index in [1.165, 1.54) is 0 Å². The molecule has 1 unspecified atom stereocenters. The maximum absolute atomic E-state index is 13.1. The molecule has 0 bridgehead atoms. The van der Waals surface area contributed by atoms with Crippen LogP contribution in [0.25, 0.3) is 0 Å². The first-order valence-electron chi connectivity index (χ1n) is 4.74. The van der Waals surface area contributed by atoms with Gasteiger partial charge < -0.3 is 0 Å². The Bertz CT molecular complexity index is 245. The van der Waals surface area contributed by atoms with E-state index in [4.69, 9.17) is 0 Å². The molecule has 0 saturated heterocycles. The normalized spacial score (nSPS) is 31.5. The number of rotatable bonds is 1. The van der Waals surface area contributed by atoms with Crippen LogP contribution in [0.5, 0.6) is 0 Å². The van der Waals surface area contributed by atoms with E-state index in [1.54, 1.807) is 6.92 Å². The Labute approximate surface area is 78.7 Å². The van der Waals surface area contributed by atoms with Crippen molar-refractivity contribution in [2.45, 2.75) is 46.0 Å². The average molecular weight is 186 g/mol. The molecule has 0 nitrogen and oxygen atoms in total. The molecule has 0 amide bonds. The zero-order valence-corrected chi connectivity index (χ0v) is 8.45. The number of alkyl halides is 2. The molecule has 0 heterocycles. The zero-order valence-electron chi connectivity index (χ0n) is 8.45. The average Bonchev–Trinajstić information content (AvgIpc) is 2.28. The molecule has 0 spiro atoms. The topological polar surface area (TPSA) is 0 Å². The lowest BCUT2D eigenvalue weighted by atomic mass is 9.76. The zero-order chi connectivity index (χ0) is 10.1. The van der Waals surface area contributed by atoms with Gasteiger partial charge in [0.2, 0.25) is 5.92 Å². The quantitative estimate of drug-likeness (QED) is 0.550. The first kappa shape index (κ1) is 10.5. The fourth-order valence-corrected chi connectivity index (χ4v) is 2.04. The minimum atomic E-state index is -2.49. The maximum Gasteiger partial charge on any atom is 0.249 e. The van der Waals surface area contributed by atoms with Gasteiger partial charge in [0.05, 0.1) is 0 Å². The van der Waals surface area contributed by atoms with E-state index in [2.05, 4.69) is 11.8 Å². The van der Waals surface area contributed by atoms with Crippen LogP contribution in [0.3, 0.4) is 0 Å². The highest BCUT2D eigenvalue weighted by Gasteiger charge is 2.50. The van der Waals surface area contributed by atoms with Crippen LogP contribution >= 0.6 is 0 Å². The highest BCUT2D eigenvalue weighted by Crippen LogP contribution is 2.50. The van der Waals surface area contributed by atoms with E-state index in [0.29, 0.717) is 6.42 Å². The van der Waals surface area contributed by atoms with Gasteiger partial charge in [-0.25, -0.2) is 8.78 Å². The van der Waals surface area contributed by atoms with Gasteiger partial charge >= 0.3 is 0 Å². The van der Waals surface area contributed by atoms with E-state index in [-0.39, 0.29) is 18.8 Å². The van der Waals surface area contributed by atoms with Gasteiger partial charge in [-0.2, -0.15) is 0 Å². The summed E-state index contributed by atoms with van der Waals surface area (Å²) in [6, 6.07) is 0. The molecule has 0 aliphatic heterocycles. The van der Waals surface area contributed by atoms with Gasteiger partial charge in [0.15, 0.2) is 0 Å². The molecule has 13 heavy (non-hydrogen) atoms. The van der Waals surface area contributed by atoms with Crippen LogP contribution < -0.4 is 0 Å². The summed E-state index contributed by atoms with van der Waals surface area (Å²) in [5, 5.41) is 0. The molecule has 0 aromatic heterocycles. The van der Waals surface area contributed by atoms with Crippen molar-refractivity contribution in [2.24, 2.45) is 11.3 Å². The van der Waals surface area contributed by atoms with Crippen LogP contribution in [0.15, 0.2) is 0 Å². The van der Waals surface area contributed by atoms with Crippen LogP contribution in [0.2, 0.25) is 0 Å². The molecule has 1 fully saturated rings. The van der Waals surface area contributed by atoms with Crippen molar-refractivity contribution < 1.29 is 8.78 Å². The molecule has 0 aromatic rings. The Morgan fingerprint density at radius 1 is 1.23 bits per heavy atom. The van der Waals surface area contributed by atoms with Gasteiger partial charge in [0, 0.05) is 18.3 Å². The Morgan fingerprint density at radius 2 is 1.85 bits per heavy atom. The van der Waals surface area contributed by atoms with Crippen molar-refractivity contribution in [3.8, 4) is 11.8 Å². The van der Waals surface area contributed by atoms with Crippen molar-refractivity contribution in [1.82, 2.24) is 0 Å². The summed E-state index contributed by atoms with van der Waals surface area (Å²) < 4.78 is 26.1. The lowest BCUT2D eigenvalue weighted by molar-refractivity contribution is -0.00258. The summed E-state index contributed by atoms with van der Waals surface area (Å²) in [5.74, 6) is 3.49. The van der Waals surface area contributed by atoms with Gasteiger partial charge in [-0.1, -0.05) is 19.8 Å². The Balaban J connectivity index is 2.88. The fourth-order valence-electron chi connectivity index (χ4n) is 2.04. The van der Waals surface area contributed by atoms with Gasteiger partial charge in [-0.15, -0.1) is 5.92 Å². The molecule has 74 valence electrons. The smallest absolute Gasteiger partial charge is 0.207 e. The first-order chi connectivity index (χ1) is 5.92. The highest BCUT2D eigenvalue weighted by molar-refractivity contribution is 5.16. The van der Waals surface area contributed by atoms with Crippen molar-refractivity contribution in [1.29, 1.82) is 0 Å². The second-order valence-corrected chi connectivity index (χ2v) is 4.22. The molecular weight excluding hydrogens is 170 g/mol. The summed E-state index contributed by atoms with van der Waals surface area (Å²) in [6.45, 7) is 5.68. The van der Waals surface area contributed by atoms with E-state index in [9.17, 15) is 8.78 Å². The van der Waals surface area contributed by atoms with Crippen LogP contribution in [0.4, 0.5) is 8.78 Å². The summed E-state index contributed by atoms with van der Waals surface area (Å²) in [7, 11) is 0. The molecular formula is C11H16F2. The minimum Gasteiger partial charge on any atom is -0.207 e. The van der Waals surface area contributed by atoms with E-state index < -0.39 is 11.3 Å². The predicted octanol–water partition coefficient (Wildman–Crippen LogP) is 3.47. The van der Waals surface area contributed by atoms with Crippen molar-refractivity contribution in [2.75, 3.05) is 0 Å². The fraction of sp³-hybridized carbons (Fsp3) is 0.818. The third kappa shape index (κ3) is 2.02. The van der Waals surface area contributed by atoms with Crippen LogP contribution in [-0.2, 0) is 0 Å². The predicted molar refractivity (Wildman–Crippen MR) is 49.5 cm³/mol. The maximum atomic E-state index is 13.1. The lowest BCUT2D eigenvalue weighted by Crippen LogP contribution is -2.24. The summed E-state index contributed by atoms with van der Waals surface area (Å²) in [4.78, 5) is 0. The molecule has 2 heteroatoms. The Morgan fingerprint density at radius 3 is 2.15 bits per heavy atom. The molecule has 1 atom stereocenters. The molecule has 0 N–H and O–H groups in total. The third-order valence-corrected chi connectivity index (χ3v) is 2.99. The number of hydrogen-bond acceptors (Lipinski definition) is 0. The molecule has 1 saturated carbocycles. The lowest BCUT2D eigenvalue weighted by Gasteiger charge is -2.27. The summed E-state index contributed by atoms with van der Waals surface area (Å²) >= 11 is 0. The van der Waals surface area contributed by atoms with Crippen LogP contribution in [0.1, 0.15) is 40.0 Å². The molecule has 1 aliphatic carbocycles. The van der Waals surface area contributed by atoms with Gasteiger partial charge in [-0.05, 0) is 19.3 Å². The molecule has 1 rings (SSSR count). The second-order valence-electron chi connectivity index (χ2n) is 4.22. The van der Waals surface area contributed by atoms with Gasteiger partial charge in [0.25, 0.3) is 0 Å². The molecule has 1 aliphatic rings. The number of halogens is 2. The summed E-state index contributed by atoms with van der Waals surface area (Å²) in [5.41, 5.74) is -0.432. The minimum absolute atomic E-state index is 0.000139. The van der Waals surface area contributed by atoms with E-state index >= 15 is 0 Å². The van der Waals surface area contributed by atoms with Crippen molar-refractivity contribution >= 4 is 0 Å². The Kier molecular flexibility index (Phi) is 2.66. The van der Waals surface area contributed by atoms with Gasteiger partial charge in [-0.3, -0.25) is 0 Å². The molecule has 0 radical (unpaired) electrons. The van der Waals surface area contributed by atoms with E-state index in [0.717, 1.165) is 0 Å². The highest BCUT2D eigenvalue weighted by atomic mass is 19.3. The van der Waals surface area contributed by atoms with Crippen molar-refractivity contribution in [3.05, 3.63) is 0 Å². The monoisotopic (exact) mass is 186 g/mol. The largest absolute Gasteiger partial charge is 0.249 e. The SMILES string of the molecule is CC#CC1(C(C)C)CCC(F)(F)C1. The Hall–Kier alpha value is -0.580. The summed E-state index contributed by atoms with van der Waals surface area (Å²) in [6.07, 6.45) is 0.483. The van der Waals surface area contributed by atoms with Crippen LogP contribution in [-0.4, -0.2) is 5.92 Å². The van der Waals surface area contributed by atoms with Gasteiger partial charge in [0.1, 0.15) is 0 Å². The van der Waals surface area contributed by atoms with Crippen LogP contribution in [0, 0.1) is 23.2 Å². The standard InChI is InChI=1S/C11H16F2/c1-4-5-10(9(2)3)6-7-11(12,13)8-10/h9H,6-8H2,1-3H3. The first-order valence-corrected chi connectivity index (χ1v) is 4.74. The molecule has 0 aromatic carbocycles. The second kappa shape index (κ2) is 3.29.